The van der Waals surface area contributed by atoms with E-state index in [4.69, 9.17) is 27.0 Å². The van der Waals surface area contributed by atoms with Crippen LogP contribution in [0, 0.1) is 0 Å². The van der Waals surface area contributed by atoms with Crippen LogP contribution in [0.1, 0.15) is 12.8 Å². The highest BCUT2D eigenvalue weighted by Gasteiger charge is 2.04. The van der Waals surface area contributed by atoms with E-state index in [1.807, 2.05) is 0 Å². The van der Waals surface area contributed by atoms with E-state index in [0.29, 0.717) is 30.2 Å². The Morgan fingerprint density at radius 2 is 2.06 bits per heavy atom. The van der Waals surface area contributed by atoms with Crippen LogP contribution in [-0.2, 0) is 9.05 Å². The number of nitrogens with zero attached hydrogens (tertiary/aromatic N) is 1. The standard InChI is InChI=1S/C9H11Cl2NO3S/c10-8-5-9(7-12-6-8)15-3-1-2-4-16(11,13)14/h5-7H,1-4H2. The van der Waals surface area contributed by atoms with E-state index in [2.05, 4.69) is 4.98 Å². The highest BCUT2D eigenvalue weighted by molar-refractivity contribution is 8.13. The van der Waals surface area contributed by atoms with E-state index in [1.54, 1.807) is 12.3 Å². The maximum Gasteiger partial charge on any atom is 0.232 e. The zero-order valence-corrected chi connectivity index (χ0v) is 10.7. The smallest absolute Gasteiger partial charge is 0.232 e. The molecular weight excluding hydrogens is 273 g/mol. The summed E-state index contributed by atoms with van der Waals surface area (Å²) in [6, 6.07) is 1.65. The number of rotatable bonds is 6. The Bertz CT molecular complexity index is 436. The van der Waals surface area contributed by atoms with Crippen LogP contribution in [-0.4, -0.2) is 25.8 Å². The van der Waals surface area contributed by atoms with Crippen molar-refractivity contribution in [3.63, 3.8) is 0 Å². The Labute approximate surface area is 104 Å². The van der Waals surface area contributed by atoms with E-state index in [1.165, 1.54) is 6.20 Å². The average molecular weight is 284 g/mol. The fourth-order valence-electron chi connectivity index (χ4n) is 1.04. The first kappa shape index (κ1) is 13.5. The first-order valence-electron chi connectivity index (χ1n) is 4.63. The van der Waals surface area contributed by atoms with Gasteiger partial charge in [-0.05, 0) is 12.8 Å². The fourth-order valence-corrected chi connectivity index (χ4v) is 2.08. The molecule has 0 radical (unpaired) electrons. The van der Waals surface area contributed by atoms with Crippen LogP contribution in [0.25, 0.3) is 0 Å². The van der Waals surface area contributed by atoms with Crippen LogP contribution < -0.4 is 4.74 Å². The number of halogens is 2. The lowest BCUT2D eigenvalue weighted by atomic mass is 10.3. The van der Waals surface area contributed by atoms with Gasteiger partial charge in [-0.3, -0.25) is 4.98 Å². The summed E-state index contributed by atoms with van der Waals surface area (Å²) in [4.78, 5) is 3.85. The number of unbranched alkanes of at least 4 members (excludes halogenated alkanes) is 1. The molecule has 0 saturated carbocycles. The van der Waals surface area contributed by atoms with E-state index < -0.39 is 9.05 Å². The summed E-state index contributed by atoms with van der Waals surface area (Å²) in [5.41, 5.74) is 0. The molecular formula is C9H11Cl2NO3S. The van der Waals surface area contributed by atoms with Gasteiger partial charge in [0.1, 0.15) is 5.75 Å². The summed E-state index contributed by atoms with van der Waals surface area (Å²) in [6.45, 7) is 0.411. The van der Waals surface area contributed by atoms with Crippen molar-refractivity contribution < 1.29 is 13.2 Å². The van der Waals surface area contributed by atoms with E-state index in [9.17, 15) is 8.42 Å². The van der Waals surface area contributed by atoms with Gasteiger partial charge in [0.2, 0.25) is 9.05 Å². The van der Waals surface area contributed by atoms with Gasteiger partial charge in [-0.15, -0.1) is 0 Å². The molecule has 0 aliphatic rings. The molecule has 0 aromatic carbocycles. The van der Waals surface area contributed by atoms with Gasteiger partial charge in [0, 0.05) is 22.9 Å². The van der Waals surface area contributed by atoms with Crippen LogP contribution in [0.15, 0.2) is 18.5 Å². The highest BCUT2D eigenvalue weighted by atomic mass is 35.7. The third-order valence-electron chi connectivity index (χ3n) is 1.73. The lowest BCUT2D eigenvalue weighted by Crippen LogP contribution is -2.02. The van der Waals surface area contributed by atoms with E-state index in [0.717, 1.165) is 0 Å². The average Bonchev–Trinajstić information content (AvgIpc) is 2.15. The SMILES string of the molecule is O=S(=O)(Cl)CCCCOc1cncc(Cl)c1. The number of hydrogen-bond donors (Lipinski definition) is 0. The van der Waals surface area contributed by atoms with Gasteiger partial charge in [-0.1, -0.05) is 11.6 Å². The minimum absolute atomic E-state index is 0.0360. The number of hydrogen-bond acceptors (Lipinski definition) is 4. The van der Waals surface area contributed by atoms with Crippen molar-refractivity contribution in [2.24, 2.45) is 0 Å². The molecule has 0 unspecified atom stereocenters. The van der Waals surface area contributed by atoms with Gasteiger partial charge < -0.3 is 4.74 Å². The van der Waals surface area contributed by atoms with Crippen molar-refractivity contribution in [3.05, 3.63) is 23.5 Å². The van der Waals surface area contributed by atoms with Gasteiger partial charge in [0.15, 0.2) is 0 Å². The number of ether oxygens (including phenoxy) is 1. The highest BCUT2D eigenvalue weighted by Crippen LogP contribution is 2.15. The quantitative estimate of drug-likeness (QED) is 0.595. The Kier molecular flexibility index (Phi) is 5.31. The number of aromatic nitrogens is 1. The molecule has 0 saturated heterocycles. The lowest BCUT2D eigenvalue weighted by Gasteiger charge is -2.04. The zero-order chi connectivity index (χ0) is 12.0. The van der Waals surface area contributed by atoms with E-state index >= 15 is 0 Å². The molecule has 4 nitrogen and oxygen atoms in total. The summed E-state index contributed by atoms with van der Waals surface area (Å²) >= 11 is 5.71. The second-order valence-corrected chi connectivity index (χ2v) is 6.47. The molecule has 1 rings (SSSR count). The van der Waals surface area contributed by atoms with Crippen molar-refractivity contribution in [1.82, 2.24) is 4.98 Å². The molecule has 0 atom stereocenters. The van der Waals surface area contributed by atoms with Crippen molar-refractivity contribution in [1.29, 1.82) is 0 Å². The third-order valence-corrected chi connectivity index (χ3v) is 3.18. The first-order valence-corrected chi connectivity index (χ1v) is 7.49. The molecule has 0 N–H and O–H groups in total. The van der Waals surface area contributed by atoms with Gasteiger partial charge in [0.25, 0.3) is 0 Å². The van der Waals surface area contributed by atoms with Crippen LogP contribution in [0.4, 0.5) is 0 Å². The Morgan fingerprint density at radius 3 is 2.69 bits per heavy atom. The molecule has 1 heterocycles. The Balaban J connectivity index is 2.21. The Hall–Kier alpha value is -0.520. The minimum atomic E-state index is -3.39. The zero-order valence-electron chi connectivity index (χ0n) is 8.40. The van der Waals surface area contributed by atoms with Crippen LogP contribution in [0.2, 0.25) is 5.02 Å². The predicted octanol–water partition coefficient (Wildman–Crippen LogP) is 2.46. The maximum absolute atomic E-state index is 10.6. The molecule has 1 aromatic rings. The molecule has 0 amide bonds. The summed E-state index contributed by atoms with van der Waals surface area (Å²) in [5, 5.41) is 0.501. The molecule has 7 heteroatoms. The fraction of sp³-hybridized carbons (Fsp3) is 0.444. The van der Waals surface area contributed by atoms with Gasteiger partial charge >= 0.3 is 0 Å². The van der Waals surface area contributed by atoms with Crippen molar-refractivity contribution in [3.8, 4) is 5.75 Å². The monoisotopic (exact) mass is 283 g/mol. The molecule has 0 fully saturated rings. The van der Waals surface area contributed by atoms with Crippen molar-refractivity contribution >= 4 is 31.3 Å². The van der Waals surface area contributed by atoms with Crippen molar-refractivity contribution in [2.75, 3.05) is 12.4 Å². The van der Waals surface area contributed by atoms with E-state index in [-0.39, 0.29) is 5.75 Å². The second-order valence-electron chi connectivity index (χ2n) is 3.14. The van der Waals surface area contributed by atoms with Crippen LogP contribution in [0.5, 0.6) is 5.75 Å². The molecule has 16 heavy (non-hydrogen) atoms. The first-order chi connectivity index (χ1) is 7.47. The summed E-state index contributed by atoms with van der Waals surface area (Å²) in [7, 11) is 1.66. The topological polar surface area (TPSA) is 56.3 Å². The molecule has 0 aliphatic heterocycles. The van der Waals surface area contributed by atoms with Crippen LogP contribution >= 0.6 is 22.3 Å². The van der Waals surface area contributed by atoms with Gasteiger partial charge in [-0.25, -0.2) is 8.42 Å². The maximum atomic E-state index is 10.6. The second kappa shape index (κ2) is 6.27. The molecule has 0 aliphatic carbocycles. The summed E-state index contributed by atoms with van der Waals surface area (Å²) in [6.07, 6.45) is 4.14. The summed E-state index contributed by atoms with van der Waals surface area (Å²) in [5.74, 6) is 0.535. The molecule has 1 aromatic heterocycles. The van der Waals surface area contributed by atoms with Gasteiger partial charge in [-0.2, -0.15) is 0 Å². The largest absolute Gasteiger partial charge is 0.492 e. The van der Waals surface area contributed by atoms with Crippen LogP contribution in [0.3, 0.4) is 0 Å². The van der Waals surface area contributed by atoms with Crippen molar-refractivity contribution in [2.45, 2.75) is 12.8 Å². The molecule has 0 bridgehead atoms. The summed E-state index contributed by atoms with van der Waals surface area (Å²) < 4.78 is 26.5. The van der Waals surface area contributed by atoms with Gasteiger partial charge in [0.05, 0.1) is 23.6 Å². The predicted molar refractivity (Wildman–Crippen MR) is 63.6 cm³/mol. The minimum Gasteiger partial charge on any atom is -0.492 e. The lowest BCUT2D eigenvalue weighted by molar-refractivity contribution is 0.308. The third kappa shape index (κ3) is 6.15. The number of pyridine rings is 1. The molecule has 0 spiro atoms. The normalized spacial score (nSPS) is 11.4. The Morgan fingerprint density at radius 1 is 1.31 bits per heavy atom. The molecule has 90 valence electrons.